The summed E-state index contributed by atoms with van der Waals surface area (Å²) in [5.74, 6) is 2.91. The van der Waals surface area contributed by atoms with Crippen LogP contribution in [0.3, 0.4) is 0 Å². The molecule has 0 aromatic carbocycles. The molecule has 0 N–H and O–H groups in total. The Kier molecular flexibility index (Phi) is 5.14. The summed E-state index contributed by atoms with van der Waals surface area (Å²) in [7, 11) is 0. The van der Waals surface area contributed by atoms with Crippen molar-refractivity contribution in [3.05, 3.63) is 23.7 Å². The molecule has 0 radical (unpaired) electrons. The Morgan fingerprint density at radius 3 is 2.95 bits per heavy atom. The van der Waals surface area contributed by atoms with Crippen LogP contribution < -0.4 is 0 Å². The van der Waals surface area contributed by atoms with Gasteiger partial charge in [0.15, 0.2) is 5.76 Å². The number of hydrogen-bond acceptors (Lipinski definition) is 4. The SMILES string of the molecule is CCCN1C[C@H]2CC[C@@H]1CN(C(=O)c1ccc(CSC)o1)C2. The number of fused-ring (bicyclic) bond motifs is 4. The molecule has 3 fully saturated rings. The zero-order valence-corrected chi connectivity index (χ0v) is 14.4. The summed E-state index contributed by atoms with van der Waals surface area (Å²) >= 11 is 1.71. The lowest BCUT2D eigenvalue weighted by Crippen LogP contribution is -2.44. The number of furan rings is 1. The van der Waals surface area contributed by atoms with Crippen molar-refractivity contribution in [1.82, 2.24) is 9.80 Å². The number of carbonyl (C=O) groups excluding carboxylic acids is 1. The molecule has 3 aliphatic heterocycles. The van der Waals surface area contributed by atoms with Crippen LogP contribution in [0.1, 0.15) is 42.5 Å². The van der Waals surface area contributed by atoms with Crippen LogP contribution in [0.2, 0.25) is 0 Å². The first-order chi connectivity index (χ1) is 10.7. The first kappa shape index (κ1) is 15.9. The molecule has 5 heteroatoms. The number of amides is 1. The van der Waals surface area contributed by atoms with Crippen molar-refractivity contribution in [1.29, 1.82) is 0 Å². The van der Waals surface area contributed by atoms with Crippen LogP contribution in [0.4, 0.5) is 0 Å². The molecule has 3 aliphatic rings. The van der Waals surface area contributed by atoms with Crippen molar-refractivity contribution in [2.75, 3.05) is 32.4 Å². The number of thioether (sulfide) groups is 1. The smallest absolute Gasteiger partial charge is 0.289 e. The summed E-state index contributed by atoms with van der Waals surface area (Å²) in [5, 5.41) is 0. The van der Waals surface area contributed by atoms with Gasteiger partial charge < -0.3 is 9.32 Å². The van der Waals surface area contributed by atoms with Crippen LogP contribution in [0.25, 0.3) is 0 Å². The summed E-state index contributed by atoms with van der Waals surface area (Å²) in [6.45, 7) is 6.28. The highest BCUT2D eigenvalue weighted by atomic mass is 32.2. The summed E-state index contributed by atoms with van der Waals surface area (Å²) in [5.41, 5.74) is 0. The average molecular weight is 322 g/mol. The van der Waals surface area contributed by atoms with Gasteiger partial charge in [0.25, 0.3) is 5.91 Å². The molecule has 1 aromatic rings. The minimum absolute atomic E-state index is 0.0719. The number of rotatable bonds is 5. The molecule has 4 nitrogen and oxygen atoms in total. The van der Waals surface area contributed by atoms with E-state index in [1.165, 1.54) is 19.3 Å². The topological polar surface area (TPSA) is 36.7 Å². The van der Waals surface area contributed by atoms with Crippen LogP contribution in [-0.4, -0.2) is 54.2 Å². The average Bonchev–Trinajstić information content (AvgIpc) is 2.79. The number of nitrogens with zero attached hydrogens (tertiary/aromatic N) is 2. The van der Waals surface area contributed by atoms with E-state index in [0.717, 1.165) is 37.7 Å². The van der Waals surface area contributed by atoms with Crippen molar-refractivity contribution < 1.29 is 9.21 Å². The molecule has 0 saturated carbocycles. The van der Waals surface area contributed by atoms with Crippen LogP contribution >= 0.6 is 11.8 Å². The Morgan fingerprint density at radius 1 is 1.32 bits per heavy atom. The van der Waals surface area contributed by atoms with Gasteiger partial charge in [0.1, 0.15) is 5.76 Å². The Morgan fingerprint density at radius 2 is 2.18 bits per heavy atom. The number of carbonyl (C=O) groups is 1. The summed E-state index contributed by atoms with van der Waals surface area (Å²) < 4.78 is 5.72. The second kappa shape index (κ2) is 7.09. The summed E-state index contributed by atoms with van der Waals surface area (Å²) in [6, 6.07) is 4.30. The summed E-state index contributed by atoms with van der Waals surface area (Å²) in [6.07, 6.45) is 5.71. The van der Waals surface area contributed by atoms with Gasteiger partial charge in [0, 0.05) is 25.7 Å². The second-order valence-electron chi connectivity index (χ2n) is 6.50. The van der Waals surface area contributed by atoms with Gasteiger partial charge in [-0.3, -0.25) is 9.69 Å². The maximum absolute atomic E-state index is 12.8. The lowest BCUT2D eigenvalue weighted by atomic mass is 9.95. The number of hydrogen-bond donors (Lipinski definition) is 0. The van der Waals surface area contributed by atoms with Gasteiger partial charge in [-0.25, -0.2) is 0 Å². The van der Waals surface area contributed by atoms with E-state index in [2.05, 4.69) is 11.8 Å². The van der Waals surface area contributed by atoms with E-state index in [0.29, 0.717) is 17.7 Å². The van der Waals surface area contributed by atoms with Crippen molar-refractivity contribution in [3.63, 3.8) is 0 Å². The van der Waals surface area contributed by atoms with Crippen molar-refractivity contribution in [2.45, 2.75) is 38.0 Å². The fourth-order valence-corrected chi connectivity index (χ4v) is 4.21. The van der Waals surface area contributed by atoms with E-state index in [-0.39, 0.29) is 5.91 Å². The minimum atomic E-state index is 0.0719. The fraction of sp³-hybridized carbons (Fsp3) is 0.706. The summed E-state index contributed by atoms with van der Waals surface area (Å²) in [4.78, 5) is 17.4. The van der Waals surface area contributed by atoms with Gasteiger partial charge in [0.2, 0.25) is 0 Å². The zero-order valence-electron chi connectivity index (χ0n) is 13.6. The van der Waals surface area contributed by atoms with Crippen LogP contribution in [-0.2, 0) is 5.75 Å². The van der Waals surface area contributed by atoms with Crippen molar-refractivity contribution in [2.24, 2.45) is 5.92 Å². The quantitative estimate of drug-likeness (QED) is 0.835. The molecule has 1 aromatic heterocycles. The highest BCUT2D eigenvalue weighted by Crippen LogP contribution is 2.29. The Hall–Kier alpha value is -0.940. The third-order valence-corrected chi connectivity index (χ3v) is 5.36. The normalized spacial score (nSPS) is 25.5. The van der Waals surface area contributed by atoms with Gasteiger partial charge in [0.05, 0.1) is 5.75 Å². The van der Waals surface area contributed by atoms with E-state index in [1.54, 1.807) is 11.8 Å². The second-order valence-corrected chi connectivity index (χ2v) is 7.37. The molecule has 3 saturated heterocycles. The fourth-order valence-electron chi connectivity index (χ4n) is 3.77. The van der Waals surface area contributed by atoms with E-state index in [1.807, 2.05) is 23.3 Å². The standard InChI is InChI=1S/C17H26N2O2S/c1-3-8-18-9-13-4-5-14(18)11-19(10-13)17(20)16-7-6-15(21-16)12-22-2/h6-7,13-14H,3-5,8-12H2,1-2H3/t13-,14-/m1/s1. The van der Waals surface area contributed by atoms with E-state index < -0.39 is 0 Å². The largest absolute Gasteiger partial charge is 0.455 e. The molecular formula is C17H26N2O2S. The van der Waals surface area contributed by atoms with Crippen LogP contribution in [0.15, 0.2) is 16.5 Å². The predicted molar refractivity (Wildman–Crippen MR) is 90.2 cm³/mol. The van der Waals surface area contributed by atoms with Crippen molar-refractivity contribution in [3.8, 4) is 0 Å². The van der Waals surface area contributed by atoms with E-state index >= 15 is 0 Å². The first-order valence-electron chi connectivity index (χ1n) is 8.32. The zero-order chi connectivity index (χ0) is 15.5. The van der Waals surface area contributed by atoms with Crippen molar-refractivity contribution >= 4 is 17.7 Å². The molecule has 0 unspecified atom stereocenters. The van der Waals surface area contributed by atoms with Gasteiger partial charge in [-0.2, -0.15) is 11.8 Å². The molecule has 122 valence electrons. The molecule has 2 atom stereocenters. The molecule has 0 spiro atoms. The molecule has 4 rings (SSSR count). The Labute approximate surface area is 137 Å². The molecule has 22 heavy (non-hydrogen) atoms. The molecule has 1 amide bonds. The molecule has 4 heterocycles. The first-order valence-corrected chi connectivity index (χ1v) is 9.71. The predicted octanol–water partition coefficient (Wildman–Crippen LogP) is 3.09. The Bertz CT molecular complexity index is 517. The highest BCUT2D eigenvalue weighted by molar-refractivity contribution is 7.97. The lowest BCUT2D eigenvalue weighted by Gasteiger charge is -2.35. The van der Waals surface area contributed by atoms with E-state index in [4.69, 9.17) is 4.42 Å². The monoisotopic (exact) mass is 322 g/mol. The maximum Gasteiger partial charge on any atom is 0.289 e. The maximum atomic E-state index is 12.8. The highest BCUT2D eigenvalue weighted by Gasteiger charge is 2.36. The van der Waals surface area contributed by atoms with Gasteiger partial charge in [-0.05, 0) is 50.1 Å². The number of piperidine rings is 1. The van der Waals surface area contributed by atoms with Crippen LogP contribution in [0, 0.1) is 5.92 Å². The lowest BCUT2D eigenvalue weighted by molar-refractivity contribution is 0.0705. The minimum Gasteiger partial charge on any atom is -0.455 e. The van der Waals surface area contributed by atoms with Crippen LogP contribution in [0.5, 0.6) is 0 Å². The molecule has 2 bridgehead atoms. The van der Waals surface area contributed by atoms with Gasteiger partial charge >= 0.3 is 0 Å². The molecule has 0 aliphatic carbocycles. The third-order valence-electron chi connectivity index (χ3n) is 4.78. The molecular weight excluding hydrogens is 296 g/mol. The van der Waals surface area contributed by atoms with Gasteiger partial charge in [-0.1, -0.05) is 6.92 Å². The van der Waals surface area contributed by atoms with Gasteiger partial charge in [-0.15, -0.1) is 0 Å². The Balaban J connectivity index is 1.70. The third kappa shape index (κ3) is 3.35. The van der Waals surface area contributed by atoms with E-state index in [9.17, 15) is 4.79 Å².